The van der Waals surface area contributed by atoms with Crippen molar-refractivity contribution in [2.24, 2.45) is 0 Å². The molecule has 0 saturated carbocycles. The normalized spacial score (nSPS) is 12.1. The molecule has 18 heavy (non-hydrogen) atoms. The summed E-state index contributed by atoms with van der Waals surface area (Å²) in [6.45, 7) is 1.67. The molecule has 0 bridgehead atoms. The van der Waals surface area contributed by atoms with E-state index in [4.69, 9.17) is 0 Å². The Hall–Kier alpha value is -1.54. The highest BCUT2D eigenvalue weighted by molar-refractivity contribution is 8.00. The van der Waals surface area contributed by atoms with Crippen molar-refractivity contribution in [3.05, 3.63) is 66.2 Å². The zero-order valence-corrected chi connectivity index (χ0v) is 11.2. The predicted octanol–water partition coefficient (Wildman–Crippen LogP) is 3.98. The van der Waals surface area contributed by atoms with Gasteiger partial charge in [0.2, 0.25) is 0 Å². The first-order valence-corrected chi connectivity index (χ1v) is 6.90. The predicted molar refractivity (Wildman–Crippen MR) is 76.9 cm³/mol. The molecule has 2 rings (SSSR count). The first-order chi connectivity index (χ1) is 8.75. The number of hydrogen-bond acceptors (Lipinski definition) is 2. The van der Waals surface area contributed by atoms with E-state index in [-0.39, 0.29) is 11.0 Å². The summed E-state index contributed by atoms with van der Waals surface area (Å²) >= 11 is 1.64. The lowest BCUT2D eigenvalue weighted by atomic mass is 10.1. The van der Waals surface area contributed by atoms with Gasteiger partial charge in [-0.05, 0) is 31.0 Å². The Kier molecular flexibility index (Phi) is 4.59. The third kappa shape index (κ3) is 3.74. The largest absolute Gasteiger partial charge is 0.299 e. The average Bonchev–Trinajstić information content (AvgIpc) is 2.40. The van der Waals surface area contributed by atoms with Crippen molar-refractivity contribution in [3.8, 4) is 0 Å². The summed E-state index contributed by atoms with van der Waals surface area (Å²) < 4.78 is 0. The number of rotatable bonds is 5. The van der Waals surface area contributed by atoms with Crippen molar-refractivity contribution in [2.75, 3.05) is 0 Å². The number of thioether (sulfide) groups is 1. The molecule has 0 heterocycles. The average molecular weight is 256 g/mol. The monoisotopic (exact) mass is 256 g/mol. The molecule has 0 aliphatic heterocycles. The van der Waals surface area contributed by atoms with E-state index in [1.54, 1.807) is 18.7 Å². The van der Waals surface area contributed by atoms with Crippen LogP contribution in [0.4, 0.5) is 0 Å². The molecular formula is C16H16OS. The number of benzene rings is 2. The van der Waals surface area contributed by atoms with Gasteiger partial charge in [-0.1, -0.05) is 48.5 Å². The summed E-state index contributed by atoms with van der Waals surface area (Å²) in [5.74, 6) is 0.229. The summed E-state index contributed by atoms with van der Waals surface area (Å²) in [5, 5.41) is -0.00481. The maximum atomic E-state index is 11.7. The Balaban J connectivity index is 2.08. The number of ketones is 1. The summed E-state index contributed by atoms with van der Waals surface area (Å²) in [6, 6.07) is 20.3. The Labute approximate surface area is 112 Å². The fraction of sp³-hybridized carbons (Fsp3) is 0.188. The van der Waals surface area contributed by atoms with Crippen LogP contribution in [0.3, 0.4) is 0 Å². The van der Waals surface area contributed by atoms with Crippen LogP contribution < -0.4 is 0 Å². The minimum atomic E-state index is -0.00481. The molecule has 0 aliphatic rings. The molecule has 0 spiro atoms. The zero-order valence-electron chi connectivity index (χ0n) is 10.4. The molecule has 92 valence electrons. The lowest BCUT2D eigenvalue weighted by Gasteiger charge is -2.13. The second kappa shape index (κ2) is 6.41. The van der Waals surface area contributed by atoms with Gasteiger partial charge in [0, 0.05) is 4.90 Å². The maximum Gasteiger partial charge on any atom is 0.143 e. The number of carbonyl (C=O) groups is 1. The minimum absolute atomic E-state index is 0.00481. The number of hydrogen-bond donors (Lipinski definition) is 0. The molecule has 0 aromatic heterocycles. The first-order valence-electron chi connectivity index (χ1n) is 6.02. The Morgan fingerprint density at radius 3 is 2.11 bits per heavy atom. The summed E-state index contributed by atoms with van der Waals surface area (Å²) in [7, 11) is 0. The van der Waals surface area contributed by atoms with Crippen LogP contribution in [0.1, 0.15) is 12.5 Å². The standard InChI is InChI=1S/C16H16OS/c1-13(17)16(12-14-8-4-2-5-9-14)18-15-10-6-3-7-11-15/h2-11,16H,12H2,1H3/t16-/m0/s1. The van der Waals surface area contributed by atoms with Gasteiger partial charge < -0.3 is 0 Å². The van der Waals surface area contributed by atoms with E-state index in [2.05, 4.69) is 12.1 Å². The molecule has 1 nitrogen and oxygen atoms in total. The summed E-state index contributed by atoms with van der Waals surface area (Å²) in [6.07, 6.45) is 0.787. The van der Waals surface area contributed by atoms with Crippen molar-refractivity contribution in [2.45, 2.75) is 23.5 Å². The summed E-state index contributed by atoms with van der Waals surface area (Å²) in [4.78, 5) is 12.9. The fourth-order valence-electron chi connectivity index (χ4n) is 1.76. The van der Waals surface area contributed by atoms with Gasteiger partial charge in [-0.3, -0.25) is 4.79 Å². The van der Waals surface area contributed by atoms with Gasteiger partial charge in [0.15, 0.2) is 0 Å². The van der Waals surface area contributed by atoms with Crippen LogP contribution in [0.15, 0.2) is 65.6 Å². The second-order valence-electron chi connectivity index (χ2n) is 4.22. The molecule has 2 aromatic carbocycles. The maximum absolute atomic E-state index is 11.7. The van der Waals surface area contributed by atoms with Gasteiger partial charge in [-0.15, -0.1) is 11.8 Å². The molecule has 0 saturated heterocycles. The lowest BCUT2D eigenvalue weighted by molar-refractivity contribution is -0.116. The lowest BCUT2D eigenvalue weighted by Crippen LogP contribution is -2.16. The van der Waals surface area contributed by atoms with Crippen LogP contribution in [0.2, 0.25) is 0 Å². The molecular weight excluding hydrogens is 240 g/mol. The Bertz CT molecular complexity index is 452. The SMILES string of the molecule is CC(=O)[C@H](Cc1ccccc1)Sc1ccccc1. The second-order valence-corrected chi connectivity index (χ2v) is 5.50. The number of carbonyl (C=O) groups excluding carboxylic acids is 1. The van der Waals surface area contributed by atoms with Gasteiger partial charge in [-0.25, -0.2) is 0 Å². The van der Waals surface area contributed by atoms with E-state index in [9.17, 15) is 4.79 Å². The van der Waals surface area contributed by atoms with Crippen LogP contribution in [0, 0.1) is 0 Å². The van der Waals surface area contributed by atoms with Gasteiger partial charge in [-0.2, -0.15) is 0 Å². The van der Waals surface area contributed by atoms with E-state index >= 15 is 0 Å². The molecule has 2 heteroatoms. The third-order valence-electron chi connectivity index (χ3n) is 2.74. The fourth-order valence-corrected chi connectivity index (χ4v) is 2.84. The molecule has 0 aliphatic carbocycles. The van der Waals surface area contributed by atoms with Crippen molar-refractivity contribution in [1.29, 1.82) is 0 Å². The van der Waals surface area contributed by atoms with E-state index in [0.717, 1.165) is 11.3 Å². The van der Waals surface area contributed by atoms with Gasteiger partial charge in [0.25, 0.3) is 0 Å². The molecule has 2 aromatic rings. The van der Waals surface area contributed by atoms with Gasteiger partial charge in [0.05, 0.1) is 5.25 Å². The highest BCUT2D eigenvalue weighted by atomic mass is 32.2. The summed E-state index contributed by atoms with van der Waals surface area (Å²) in [5.41, 5.74) is 1.21. The molecule has 0 amide bonds. The minimum Gasteiger partial charge on any atom is -0.299 e. The van der Waals surface area contributed by atoms with Crippen molar-refractivity contribution in [3.63, 3.8) is 0 Å². The van der Waals surface area contributed by atoms with Crippen molar-refractivity contribution >= 4 is 17.5 Å². The Morgan fingerprint density at radius 1 is 1.00 bits per heavy atom. The van der Waals surface area contributed by atoms with Crippen LogP contribution in [0.5, 0.6) is 0 Å². The van der Waals surface area contributed by atoms with E-state index in [1.807, 2.05) is 48.5 Å². The zero-order chi connectivity index (χ0) is 12.8. The highest BCUT2D eigenvalue weighted by Gasteiger charge is 2.16. The van der Waals surface area contributed by atoms with Crippen molar-refractivity contribution in [1.82, 2.24) is 0 Å². The smallest absolute Gasteiger partial charge is 0.143 e. The van der Waals surface area contributed by atoms with Gasteiger partial charge >= 0.3 is 0 Å². The topological polar surface area (TPSA) is 17.1 Å². The molecule has 0 radical (unpaired) electrons. The van der Waals surface area contributed by atoms with Gasteiger partial charge in [0.1, 0.15) is 5.78 Å². The number of Topliss-reactive ketones (excluding diaryl/α,β-unsaturated/α-hetero) is 1. The van der Waals surface area contributed by atoms with Crippen molar-refractivity contribution < 1.29 is 4.79 Å². The van der Waals surface area contributed by atoms with Crippen LogP contribution in [-0.4, -0.2) is 11.0 Å². The Morgan fingerprint density at radius 2 is 1.56 bits per heavy atom. The van der Waals surface area contributed by atoms with Crippen LogP contribution in [-0.2, 0) is 11.2 Å². The molecule has 0 fully saturated rings. The molecule has 1 atom stereocenters. The van der Waals surface area contributed by atoms with E-state index in [0.29, 0.717) is 0 Å². The van der Waals surface area contributed by atoms with Crippen LogP contribution in [0.25, 0.3) is 0 Å². The molecule has 0 N–H and O–H groups in total. The first kappa shape index (κ1) is 12.9. The van der Waals surface area contributed by atoms with Crippen LogP contribution >= 0.6 is 11.8 Å². The van der Waals surface area contributed by atoms with E-state index < -0.39 is 0 Å². The molecule has 0 unspecified atom stereocenters. The quantitative estimate of drug-likeness (QED) is 0.753. The van der Waals surface area contributed by atoms with E-state index in [1.165, 1.54) is 5.56 Å². The highest BCUT2D eigenvalue weighted by Crippen LogP contribution is 2.26. The third-order valence-corrected chi connectivity index (χ3v) is 4.07.